The van der Waals surface area contributed by atoms with Crippen LogP contribution in [0, 0.1) is 0 Å². The van der Waals surface area contributed by atoms with Gasteiger partial charge in [-0.15, -0.1) is 0 Å². The van der Waals surface area contributed by atoms with Crippen molar-refractivity contribution < 1.29 is 54.7 Å². The molecule has 0 amide bonds. The lowest BCUT2D eigenvalue weighted by Crippen LogP contribution is -2.67. The average molecular weight is 469 g/mol. The maximum absolute atomic E-state index is 10.9. The van der Waals surface area contributed by atoms with Gasteiger partial charge in [-0.25, -0.2) is 0 Å². The summed E-state index contributed by atoms with van der Waals surface area (Å²) >= 11 is 0. The molecule has 2 heterocycles. The van der Waals surface area contributed by atoms with Crippen LogP contribution < -0.4 is 17.2 Å². The molecule has 2 saturated heterocycles. The molecule has 0 bridgehead atoms. The van der Waals surface area contributed by atoms with E-state index in [9.17, 15) is 35.7 Å². The van der Waals surface area contributed by atoms with E-state index in [1.165, 1.54) is 0 Å². The highest BCUT2D eigenvalue weighted by molar-refractivity contribution is 5.00. The van der Waals surface area contributed by atoms with E-state index in [4.69, 9.17) is 36.1 Å². The van der Waals surface area contributed by atoms with Gasteiger partial charge in [0, 0.05) is 25.0 Å². The van der Waals surface area contributed by atoms with Gasteiger partial charge in [-0.2, -0.15) is 0 Å². The largest absolute Gasteiger partial charge is 0.394 e. The van der Waals surface area contributed by atoms with E-state index in [1.807, 2.05) is 0 Å². The van der Waals surface area contributed by atoms with E-state index >= 15 is 0 Å². The molecule has 14 heteroatoms. The highest BCUT2D eigenvalue weighted by atomic mass is 16.7. The third kappa shape index (κ3) is 5.24. The summed E-state index contributed by atoms with van der Waals surface area (Å²) in [6.07, 6.45) is -15.5. The van der Waals surface area contributed by atoms with E-state index in [0.717, 1.165) is 0 Å². The Hall–Kier alpha value is -0.560. The van der Waals surface area contributed by atoms with Crippen molar-refractivity contribution in [2.75, 3.05) is 13.2 Å². The Labute approximate surface area is 184 Å². The smallest absolute Gasteiger partial charge is 0.187 e. The van der Waals surface area contributed by atoms with E-state index in [2.05, 4.69) is 0 Å². The molecule has 14 nitrogen and oxygen atoms in total. The van der Waals surface area contributed by atoms with Gasteiger partial charge in [0.1, 0.15) is 54.9 Å². The van der Waals surface area contributed by atoms with E-state index in [0.29, 0.717) is 0 Å². The van der Waals surface area contributed by atoms with Crippen LogP contribution in [0.25, 0.3) is 0 Å². The average Bonchev–Trinajstić information content (AvgIpc) is 2.75. The van der Waals surface area contributed by atoms with E-state index in [-0.39, 0.29) is 19.4 Å². The first-order chi connectivity index (χ1) is 15.1. The van der Waals surface area contributed by atoms with Crippen LogP contribution >= 0.6 is 0 Å². The molecule has 0 aromatic rings. The van der Waals surface area contributed by atoms with Crippen LogP contribution in [0.2, 0.25) is 0 Å². The predicted octanol–water partition coefficient (Wildman–Crippen LogP) is -6.23. The third-order valence-corrected chi connectivity index (χ3v) is 6.26. The fourth-order valence-corrected chi connectivity index (χ4v) is 4.32. The van der Waals surface area contributed by atoms with Crippen LogP contribution in [-0.4, -0.2) is 135 Å². The second-order valence-electron chi connectivity index (χ2n) is 8.60. The van der Waals surface area contributed by atoms with Gasteiger partial charge in [0.05, 0.1) is 12.7 Å². The van der Waals surface area contributed by atoms with Gasteiger partial charge in [0.25, 0.3) is 0 Å². The Kier molecular flexibility index (Phi) is 8.79. The minimum Gasteiger partial charge on any atom is -0.394 e. The maximum Gasteiger partial charge on any atom is 0.187 e. The van der Waals surface area contributed by atoms with Gasteiger partial charge in [0.2, 0.25) is 0 Å². The molecule has 14 atom stereocenters. The zero-order valence-electron chi connectivity index (χ0n) is 17.4. The topological polar surface area (TPSA) is 257 Å². The molecule has 1 aliphatic carbocycles. The molecular weight excluding hydrogens is 434 g/mol. The standard InChI is InChI=1S/C18H35N3O11/c19-3-9-11(25)12(26)13(27)18(29-9)32-16-6(21)1-5(20)15(14(16)28)31-17-8(24)2-7(23)10(4-22)30-17/h5-18,22-28H,1-4,19-21H2/t5-,6+,7+,8-,9+,10-,11+,12-,13+,14-,15+,16-,17-,18+/m0/s1. The van der Waals surface area contributed by atoms with Crippen LogP contribution in [0.5, 0.6) is 0 Å². The molecule has 3 aliphatic rings. The summed E-state index contributed by atoms with van der Waals surface area (Å²) in [5.41, 5.74) is 17.7. The second kappa shape index (κ2) is 10.8. The number of rotatable bonds is 6. The first-order valence-electron chi connectivity index (χ1n) is 10.6. The Morgan fingerprint density at radius 2 is 1.25 bits per heavy atom. The SMILES string of the molecule is NC[C@H]1O[C@H](O[C@@H]2[C@@H](O)[C@H](O[C@@H]3O[C@@H](CO)[C@H](O)C[C@@H]3O)[C@@H](N)C[C@H]2N)[C@H](O)[C@@H](O)[C@@H]1O. The molecule has 0 radical (unpaired) electrons. The summed E-state index contributed by atoms with van der Waals surface area (Å²) < 4.78 is 22.2. The lowest BCUT2D eigenvalue weighted by atomic mass is 9.84. The summed E-state index contributed by atoms with van der Waals surface area (Å²) in [6, 6.07) is -1.59. The Balaban J connectivity index is 1.70. The molecular formula is C18H35N3O11. The fraction of sp³-hybridized carbons (Fsp3) is 1.00. The lowest BCUT2D eigenvalue weighted by Gasteiger charge is -2.47. The van der Waals surface area contributed by atoms with Gasteiger partial charge >= 0.3 is 0 Å². The van der Waals surface area contributed by atoms with Crippen LogP contribution in [0.15, 0.2) is 0 Å². The minimum absolute atomic E-state index is 0.115. The monoisotopic (exact) mass is 469 g/mol. The third-order valence-electron chi connectivity index (χ3n) is 6.26. The van der Waals surface area contributed by atoms with Gasteiger partial charge < -0.3 is 71.9 Å². The van der Waals surface area contributed by atoms with Crippen LogP contribution in [0.3, 0.4) is 0 Å². The van der Waals surface area contributed by atoms with E-state index in [1.54, 1.807) is 0 Å². The van der Waals surface area contributed by atoms with Crippen LogP contribution in [0.1, 0.15) is 12.8 Å². The molecule has 1 saturated carbocycles. The van der Waals surface area contributed by atoms with Crippen molar-refractivity contribution >= 4 is 0 Å². The summed E-state index contributed by atoms with van der Waals surface area (Å²) in [6.45, 7) is -0.660. The zero-order chi connectivity index (χ0) is 23.7. The molecule has 13 N–H and O–H groups in total. The quantitative estimate of drug-likeness (QED) is 0.174. The molecule has 0 aromatic carbocycles. The Morgan fingerprint density at radius 1 is 0.688 bits per heavy atom. The Morgan fingerprint density at radius 3 is 1.81 bits per heavy atom. The van der Waals surface area contributed by atoms with Crippen molar-refractivity contribution in [2.45, 2.75) is 98.5 Å². The molecule has 2 aliphatic heterocycles. The summed E-state index contributed by atoms with van der Waals surface area (Å²) in [7, 11) is 0. The number of hydrogen-bond donors (Lipinski definition) is 10. The van der Waals surface area contributed by atoms with Crippen molar-refractivity contribution in [1.82, 2.24) is 0 Å². The Bertz CT molecular complexity index is 605. The molecule has 3 rings (SSSR count). The van der Waals surface area contributed by atoms with Crippen molar-refractivity contribution in [3.63, 3.8) is 0 Å². The predicted molar refractivity (Wildman–Crippen MR) is 104 cm³/mol. The summed E-state index contributed by atoms with van der Waals surface area (Å²) in [5.74, 6) is 0. The fourth-order valence-electron chi connectivity index (χ4n) is 4.32. The highest BCUT2D eigenvalue weighted by Crippen LogP contribution is 2.31. The summed E-state index contributed by atoms with van der Waals surface area (Å²) in [5, 5.41) is 70.5. The first-order valence-corrected chi connectivity index (χ1v) is 10.6. The van der Waals surface area contributed by atoms with Gasteiger partial charge in [-0.1, -0.05) is 0 Å². The second-order valence-corrected chi connectivity index (χ2v) is 8.60. The van der Waals surface area contributed by atoms with Crippen LogP contribution in [-0.2, 0) is 18.9 Å². The molecule has 0 unspecified atom stereocenters. The molecule has 0 spiro atoms. The molecule has 0 aromatic heterocycles. The summed E-state index contributed by atoms with van der Waals surface area (Å²) in [4.78, 5) is 0. The normalized spacial score (nSPS) is 52.7. The maximum atomic E-state index is 10.9. The van der Waals surface area contributed by atoms with Crippen LogP contribution in [0.4, 0.5) is 0 Å². The zero-order valence-corrected chi connectivity index (χ0v) is 17.4. The number of hydrogen-bond acceptors (Lipinski definition) is 14. The van der Waals surface area contributed by atoms with E-state index < -0.39 is 92.3 Å². The van der Waals surface area contributed by atoms with Crippen molar-refractivity contribution in [3.05, 3.63) is 0 Å². The first kappa shape index (κ1) is 26.1. The van der Waals surface area contributed by atoms with Gasteiger partial charge in [-0.05, 0) is 6.42 Å². The van der Waals surface area contributed by atoms with Crippen molar-refractivity contribution in [1.29, 1.82) is 0 Å². The number of nitrogens with two attached hydrogens (primary N) is 3. The van der Waals surface area contributed by atoms with Gasteiger partial charge in [0.15, 0.2) is 12.6 Å². The molecule has 188 valence electrons. The molecule has 32 heavy (non-hydrogen) atoms. The van der Waals surface area contributed by atoms with Crippen molar-refractivity contribution in [3.8, 4) is 0 Å². The highest BCUT2D eigenvalue weighted by Gasteiger charge is 2.50. The molecule has 3 fully saturated rings. The number of aliphatic hydroxyl groups excluding tert-OH is 7. The number of aliphatic hydroxyl groups is 7. The number of ether oxygens (including phenoxy) is 4. The minimum atomic E-state index is -1.64. The lowest BCUT2D eigenvalue weighted by molar-refractivity contribution is -0.330. The van der Waals surface area contributed by atoms with Gasteiger partial charge in [-0.3, -0.25) is 0 Å². The van der Waals surface area contributed by atoms with Crippen molar-refractivity contribution in [2.24, 2.45) is 17.2 Å².